The minimum Gasteiger partial charge on any atom is -0.331 e. The largest absolute Gasteiger partial charge is 0.331 e. The molecule has 3 heterocycles. The molecule has 26 heavy (non-hydrogen) atoms. The zero-order chi connectivity index (χ0) is 19.1. The Morgan fingerprint density at radius 1 is 1.27 bits per heavy atom. The van der Waals surface area contributed by atoms with E-state index in [2.05, 4.69) is 23.8 Å². The summed E-state index contributed by atoms with van der Waals surface area (Å²) >= 11 is 0. The molecule has 2 fully saturated rings. The average Bonchev–Trinajstić information content (AvgIpc) is 3.07. The molecule has 1 aromatic heterocycles. The van der Waals surface area contributed by atoms with E-state index in [9.17, 15) is 13.2 Å². The summed E-state index contributed by atoms with van der Waals surface area (Å²) in [6, 6.07) is -0.523. The Labute approximate surface area is 155 Å². The number of nitrogens with zero attached hydrogens (tertiary/aromatic N) is 5. The molecule has 8 nitrogen and oxygen atoms in total. The quantitative estimate of drug-likeness (QED) is 0.759. The van der Waals surface area contributed by atoms with Crippen LogP contribution in [0, 0.1) is 6.92 Å². The van der Waals surface area contributed by atoms with Crippen molar-refractivity contribution in [1.82, 2.24) is 24.5 Å². The van der Waals surface area contributed by atoms with Gasteiger partial charge in [-0.15, -0.1) is 0 Å². The number of hydrogen-bond donors (Lipinski definition) is 0. The third-order valence-electron chi connectivity index (χ3n) is 5.43. The van der Waals surface area contributed by atoms with Crippen molar-refractivity contribution >= 4 is 15.9 Å². The zero-order valence-electron chi connectivity index (χ0n) is 16.1. The molecule has 0 N–H and O–H groups in total. The Morgan fingerprint density at radius 2 is 1.96 bits per heavy atom. The molecule has 3 rings (SSSR count). The second-order valence-electron chi connectivity index (χ2n) is 7.53. The Bertz CT molecular complexity index is 773. The van der Waals surface area contributed by atoms with Crippen molar-refractivity contribution in [2.45, 2.75) is 45.4 Å². The van der Waals surface area contributed by atoms with Crippen LogP contribution in [0.2, 0.25) is 0 Å². The van der Waals surface area contributed by atoms with Gasteiger partial charge >= 0.3 is 6.03 Å². The third-order valence-corrected chi connectivity index (χ3v) is 7.13. The van der Waals surface area contributed by atoms with Crippen molar-refractivity contribution in [2.24, 2.45) is 0 Å². The van der Waals surface area contributed by atoms with Crippen LogP contribution in [0.1, 0.15) is 24.6 Å². The minimum atomic E-state index is -3.13. The van der Waals surface area contributed by atoms with E-state index in [1.165, 1.54) is 4.90 Å². The fourth-order valence-corrected chi connectivity index (χ4v) is 6.02. The lowest BCUT2D eigenvalue weighted by molar-refractivity contribution is 0.0519. The van der Waals surface area contributed by atoms with E-state index in [1.807, 2.05) is 10.9 Å². The molecule has 9 heteroatoms. The summed E-state index contributed by atoms with van der Waals surface area (Å²) in [7, 11) is 0.279. The van der Waals surface area contributed by atoms with Crippen LogP contribution in [0.4, 0.5) is 4.79 Å². The first-order chi connectivity index (χ1) is 12.2. The number of carbonyl (C=O) groups excluding carboxylic acids is 1. The highest BCUT2D eigenvalue weighted by atomic mass is 32.2. The normalized spacial score (nSPS) is 25.3. The Morgan fingerprint density at radius 3 is 2.62 bits per heavy atom. The number of aromatic nitrogens is 2. The van der Waals surface area contributed by atoms with Gasteiger partial charge in [0.2, 0.25) is 0 Å². The van der Waals surface area contributed by atoms with Gasteiger partial charge in [-0.25, -0.2) is 13.2 Å². The van der Waals surface area contributed by atoms with Crippen molar-refractivity contribution in [3.63, 3.8) is 0 Å². The topological polar surface area (TPSA) is 78.8 Å². The van der Waals surface area contributed by atoms with Gasteiger partial charge in [-0.1, -0.05) is 6.92 Å². The predicted molar refractivity (Wildman–Crippen MR) is 99.7 cm³/mol. The van der Waals surface area contributed by atoms with Crippen LogP contribution in [-0.2, 0) is 22.9 Å². The lowest BCUT2D eigenvalue weighted by Gasteiger charge is -2.44. The van der Waals surface area contributed by atoms with Crippen molar-refractivity contribution in [3.05, 3.63) is 17.5 Å². The van der Waals surface area contributed by atoms with Crippen molar-refractivity contribution in [2.75, 3.05) is 38.7 Å². The van der Waals surface area contributed by atoms with Crippen molar-refractivity contribution in [1.29, 1.82) is 0 Å². The molecule has 0 aromatic carbocycles. The van der Waals surface area contributed by atoms with Gasteiger partial charge in [0.15, 0.2) is 9.84 Å². The summed E-state index contributed by atoms with van der Waals surface area (Å²) < 4.78 is 26.6. The van der Waals surface area contributed by atoms with Crippen LogP contribution in [0.25, 0.3) is 0 Å². The molecule has 146 valence electrons. The van der Waals surface area contributed by atoms with E-state index in [4.69, 9.17) is 0 Å². The second-order valence-corrected chi connectivity index (χ2v) is 9.68. The highest BCUT2D eigenvalue weighted by molar-refractivity contribution is 7.91. The molecular formula is C17H29N5O3S. The highest BCUT2D eigenvalue weighted by Crippen LogP contribution is 2.29. The fourth-order valence-electron chi connectivity index (χ4n) is 4.01. The molecular weight excluding hydrogens is 354 g/mol. The van der Waals surface area contributed by atoms with Gasteiger partial charge in [0.25, 0.3) is 0 Å². The second kappa shape index (κ2) is 7.19. The van der Waals surface area contributed by atoms with E-state index in [0.717, 1.165) is 24.2 Å². The molecule has 0 radical (unpaired) electrons. The Kier molecular flexibility index (Phi) is 5.30. The van der Waals surface area contributed by atoms with Crippen LogP contribution in [0.3, 0.4) is 0 Å². The lowest BCUT2D eigenvalue weighted by Crippen LogP contribution is -2.61. The van der Waals surface area contributed by atoms with Gasteiger partial charge in [-0.05, 0) is 13.3 Å². The Balaban J connectivity index is 1.81. The lowest BCUT2D eigenvalue weighted by atomic mass is 10.0. The number of carbonyl (C=O) groups is 1. The van der Waals surface area contributed by atoms with Crippen molar-refractivity contribution < 1.29 is 13.2 Å². The maximum absolute atomic E-state index is 12.5. The third kappa shape index (κ3) is 3.59. The molecule has 2 saturated heterocycles. The van der Waals surface area contributed by atoms with E-state index < -0.39 is 9.84 Å². The van der Waals surface area contributed by atoms with Crippen LogP contribution < -0.4 is 0 Å². The number of piperazine rings is 1. The molecule has 0 saturated carbocycles. The van der Waals surface area contributed by atoms with Crippen molar-refractivity contribution in [3.8, 4) is 0 Å². The molecule has 0 bridgehead atoms. The average molecular weight is 384 g/mol. The maximum atomic E-state index is 12.5. The van der Waals surface area contributed by atoms with Gasteiger partial charge < -0.3 is 9.80 Å². The standard InChI is InChI=1S/C17H29N5O3S/c1-5-6-22-13(2)14(9-18-22)10-20-7-8-21(17(23)19(3)4)16-12-26(24,25)11-15(16)20/h9,15-16H,5-8,10-12H2,1-4H3/t15-,16+/m1/s1. The van der Waals surface area contributed by atoms with Gasteiger partial charge in [0.1, 0.15) is 0 Å². The number of fused-ring (bicyclic) bond motifs is 1. The van der Waals surface area contributed by atoms with Gasteiger partial charge in [-0.2, -0.15) is 5.10 Å². The summed E-state index contributed by atoms with van der Waals surface area (Å²) in [6.45, 7) is 6.97. The minimum absolute atomic E-state index is 0.0574. The predicted octanol–water partition coefficient (Wildman–Crippen LogP) is 0.566. The van der Waals surface area contributed by atoms with Gasteiger partial charge in [0, 0.05) is 57.6 Å². The summed E-state index contributed by atoms with van der Waals surface area (Å²) in [5.74, 6) is 0.179. The first-order valence-electron chi connectivity index (χ1n) is 9.17. The molecule has 0 spiro atoms. The highest BCUT2D eigenvalue weighted by Gasteiger charge is 2.48. The van der Waals surface area contributed by atoms with Crippen LogP contribution in [0.15, 0.2) is 6.20 Å². The number of amides is 2. The maximum Gasteiger partial charge on any atom is 0.319 e. The van der Waals surface area contributed by atoms with Gasteiger partial charge in [-0.3, -0.25) is 9.58 Å². The monoisotopic (exact) mass is 383 g/mol. The van der Waals surface area contributed by atoms with E-state index in [-0.39, 0.29) is 29.6 Å². The van der Waals surface area contributed by atoms with Crippen LogP contribution in [0.5, 0.6) is 0 Å². The zero-order valence-corrected chi connectivity index (χ0v) is 16.9. The summed E-state index contributed by atoms with van der Waals surface area (Å²) in [4.78, 5) is 17.9. The first kappa shape index (κ1) is 19.2. The molecule has 2 aliphatic rings. The SMILES string of the molecule is CCCn1ncc(CN2CCN(C(=O)N(C)C)[C@H]3CS(=O)(=O)C[C@H]32)c1C. The number of urea groups is 1. The fraction of sp³-hybridized carbons (Fsp3) is 0.765. The summed E-state index contributed by atoms with van der Waals surface area (Å²) in [6.07, 6.45) is 2.91. The number of rotatable bonds is 4. The Hall–Kier alpha value is -1.61. The van der Waals surface area contributed by atoms with E-state index in [1.54, 1.807) is 19.0 Å². The molecule has 2 atom stereocenters. The first-order valence-corrected chi connectivity index (χ1v) is 11.0. The smallest absolute Gasteiger partial charge is 0.319 e. The molecule has 0 aliphatic carbocycles. The van der Waals surface area contributed by atoms with Crippen LogP contribution >= 0.6 is 0 Å². The summed E-state index contributed by atoms with van der Waals surface area (Å²) in [5, 5.41) is 4.45. The molecule has 2 amide bonds. The number of sulfone groups is 1. The molecule has 0 unspecified atom stereocenters. The van der Waals surface area contributed by atoms with Gasteiger partial charge in [0.05, 0.1) is 23.7 Å². The number of hydrogen-bond acceptors (Lipinski definition) is 5. The van der Waals surface area contributed by atoms with E-state index >= 15 is 0 Å². The molecule has 2 aliphatic heterocycles. The summed E-state index contributed by atoms with van der Waals surface area (Å²) in [5.41, 5.74) is 2.27. The number of aryl methyl sites for hydroxylation is 1. The van der Waals surface area contributed by atoms with Crippen LogP contribution in [-0.4, -0.2) is 89.7 Å². The van der Waals surface area contributed by atoms with E-state index in [0.29, 0.717) is 19.6 Å². The molecule has 1 aromatic rings.